The van der Waals surface area contributed by atoms with Gasteiger partial charge in [-0.1, -0.05) is 0 Å². The number of methoxy groups -OCH3 is 1. The van der Waals surface area contributed by atoms with Gasteiger partial charge in [-0.25, -0.2) is 4.98 Å². The minimum Gasteiger partial charge on any atom is -0.481 e. The van der Waals surface area contributed by atoms with Gasteiger partial charge in [0.1, 0.15) is 11.6 Å². The highest BCUT2D eigenvalue weighted by Gasteiger charge is 2.25. The molecule has 3 rings (SSSR count). The van der Waals surface area contributed by atoms with E-state index in [1.807, 2.05) is 0 Å². The van der Waals surface area contributed by atoms with Crippen molar-refractivity contribution in [3.05, 3.63) is 24.4 Å². The quantitative estimate of drug-likeness (QED) is 0.889. The average Bonchev–Trinajstić information content (AvgIpc) is 2.54. The molecule has 1 saturated heterocycles. The monoisotopic (exact) mass is 300 g/mol. The van der Waals surface area contributed by atoms with E-state index in [9.17, 15) is 9.59 Å². The Labute approximate surface area is 127 Å². The number of ether oxygens (including phenoxy) is 1. The van der Waals surface area contributed by atoms with Gasteiger partial charge >= 0.3 is 0 Å². The van der Waals surface area contributed by atoms with Crippen molar-refractivity contribution in [1.29, 1.82) is 0 Å². The maximum Gasteiger partial charge on any atom is 0.247 e. The highest BCUT2D eigenvalue weighted by molar-refractivity contribution is 6.02. The number of carbonyl (C=O) groups excluding carboxylic acids is 2. The number of nitrogens with zero attached hydrogens (tertiary/aromatic N) is 2. The summed E-state index contributed by atoms with van der Waals surface area (Å²) in [6.45, 7) is 0. The Hall–Kier alpha value is -2.70. The lowest BCUT2D eigenvalue weighted by Crippen LogP contribution is -2.46. The van der Waals surface area contributed by atoms with Crippen molar-refractivity contribution in [3.63, 3.8) is 0 Å². The minimum absolute atomic E-state index is 0.0919. The molecule has 7 nitrogen and oxygen atoms in total. The van der Waals surface area contributed by atoms with Gasteiger partial charge in [0.05, 0.1) is 18.3 Å². The lowest BCUT2D eigenvalue weighted by molar-refractivity contribution is -0.128. The molecular formula is C15H16N4O3. The summed E-state index contributed by atoms with van der Waals surface area (Å²) in [6.07, 6.45) is 3.43. The second kappa shape index (κ2) is 5.97. The molecule has 2 amide bonds. The zero-order chi connectivity index (χ0) is 15.5. The Kier molecular flexibility index (Phi) is 3.86. The molecule has 2 aromatic rings. The van der Waals surface area contributed by atoms with Crippen LogP contribution in [0.4, 0.5) is 5.69 Å². The molecule has 0 spiro atoms. The molecule has 1 unspecified atom stereocenters. The van der Waals surface area contributed by atoms with E-state index in [1.54, 1.807) is 24.4 Å². The third-order valence-corrected chi connectivity index (χ3v) is 3.57. The number of anilines is 1. The highest BCUT2D eigenvalue weighted by Crippen LogP contribution is 2.22. The predicted octanol–water partition coefficient (Wildman–Crippen LogP) is 1.25. The Balaban J connectivity index is 1.86. The molecule has 7 heteroatoms. The molecule has 3 heterocycles. The summed E-state index contributed by atoms with van der Waals surface area (Å²) in [4.78, 5) is 32.2. The molecule has 1 aliphatic heterocycles. The maximum absolute atomic E-state index is 12.3. The van der Waals surface area contributed by atoms with E-state index < -0.39 is 6.04 Å². The van der Waals surface area contributed by atoms with Crippen LogP contribution in [0, 0.1) is 0 Å². The lowest BCUT2D eigenvalue weighted by Gasteiger charge is -2.22. The zero-order valence-corrected chi connectivity index (χ0v) is 12.1. The molecule has 1 fully saturated rings. The number of aromatic nitrogens is 2. The van der Waals surface area contributed by atoms with Gasteiger partial charge in [-0.3, -0.25) is 14.6 Å². The topological polar surface area (TPSA) is 93.2 Å². The number of fused-ring (bicyclic) bond motifs is 1. The van der Waals surface area contributed by atoms with Crippen molar-refractivity contribution in [3.8, 4) is 5.88 Å². The van der Waals surface area contributed by atoms with Crippen molar-refractivity contribution in [1.82, 2.24) is 15.3 Å². The van der Waals surface area contributed by atoms with Gasteiger partial charge in [-0.2, -0.15) is 0 Å². The molecule has 1 aliphatic rings. The van der Waals surface area contributed by atoms with E-state index in [1.165, 1.54) is 7.11 Å². The van der Waals surface area contributed by atoms with Crippen LogP contribution in [-0.2, 0) is 9.59 Å². The van der Waals surface area contributed by atoms with Gasteiger partial charge in [0.2, 0.25) is 17.7 Å². The first-order valence-corrected chi connectivity index (χ1v) is 7.07. The van der Waals surface area contributed by atoms with Crippen molar-refractivity contribution >= 4 is 28.5 Å². The zero-order valence-electron chi connectivity index (χ0n) is 12.1. The maximum atomic E-state index is 12.3. The first-order chi connectivity index (χ1) is 10.7. The summed E-state index contributed by atoms with van der Waals surface area (Å²) >= 11 is 0. The highest BCUT2D eigenvalue weighted by atomic mass is 16.5. The number of carbonyl (C=O) groups is 2. The van der Waals surface area contributed by atoms with Crippen LogP contribution in [-0.4, -0.2) is 34.9 Å². The normalized spacial score (nSPS) is 17.9. The van der Waals surface area contributed by atoms with Crippen LogP contribution >= 0.6 is 0 Å². The molecular weight excluding hydrogens is 284 g/mol. The van der Waals surface area contributed by atoms with Gasteiger partial charge in [-0.05, 0) is 25.0 Å². The lowest BCUT2D eigenvalue weighted by atomic mass is 10.0. The van der Waals surface area contributed by atoms with Crippen LogP contribution in [0.25, 0.3) is 11.0 Å². The summed E-state index contributed by atoms with van der Waals surface area (Å²) in [5.41, 5.74) is 1.76. The van der Waals surface area contributed by atoms with Crippen LogP contribution in [0.2, 0.25) is 0 Å². The molecule has 22 heavy (non-hydrogen) atoms. The van der Waals surface area contributed by atoms with Crippen LogP contribution in [0.5, 0.6) is 5.88 Å². The van der Waals surface area contributed by atoms with Crippen molar-refractivity contribution < 1.29 is 14.3 Å². The second-order valence-corrected chi connectivity index (χ2v) is 5.08. The number of rotatable bonds is 3. The van der Waals surface area contributed by atoms with Gasteiger partial charge in [-0.15, -0.1) is 0 Å². The summed E-state index contributed by atoms with van der Waals surface area (Å²) in [5, 5.41) is 5.51. The number of nitrogens with one attached hydrogen (secondary N) is 2. The molecule has 2 aromatic heterocycles. The fourth-order valence-electron chi connectivity index (χ4n) is 2.44. The van der Waals surface area contributed by atoms with Gasteiger partial charge in [0.15, 0.2) is 0 Å². The molecule has 0 saturated carbocycles. The minimum atomic E-state index is -0.505. The van der Waals surface area contributed by atoms with E-state index in [0.717, 1.165) is 0 Å². The fraction of sp³-hybridized carbons (Fsp3) is 0.333. The third kappa shape index (κ3) is 2.83. The smallest absolute Gasteiger partial charge is 0.247 e. The van der Waals surface area contributed by atoms with Crippen molar-refractivity contribution in [2.75, 3.05) is 12.4 Å². The SMILES string of the molecule is COc1ccc2nccc(NC(=O)C3CCCC(=O)N3)c2n1. The van der Waals surface area contributed by atoms with E-state index >= 15 is 0 Å². The molecule has 0 aliphatic carbocycles. The number of hydrogen-bond acceptors (Lipinski definition) is 5. The number of piperidine rings is 1. The van der Waals surface area contributed by atoms with Gasteiger partial charge in [0, 0.05) is 18.7 Å². The molecule has 2 N–H and O–H groups in total. The Morgan fingerprint density at radius 3 is 3.05 bits per heavy atom. The largest absolute Gasteiger partial charge is 0.481 e. The van der Waals surface area contributed by atoms with E-state index in [0.29, 0.717) is 41.9 Å². The number of hydrogen-bond donors (Lipinski definition) is 2. The fourth-order valence-corrected chi connectivity index (χ4v) is 2.44. The molecule has 0 aromatic carbocycles. The third-order valence-electron chi connectivity index (χ3n) is 3.57. The first-order valence-electron chi connectivity index (χ1n) is 7.07. The summed E-state index contributed by atoms with van der Waals surface area (Å²) in [5.74, 6) is 0.109. The predicted molar refractivity (Wildman–Crippen MR) is 80.5 cm³/mol. The molecule has 0 radical (unpaired) electrons. The Morgan fingerprint density at radius 1 is 1.41 bits per heavy atom. The molecule has 114 valence electrons. The van der Waals surface area contributed by atoms with E-state index in [2.05, 4.69) is 20.6 Å². The van der Waals surface area contributed by atoms with Crippen LogP contribution in [0.1, 0.15) is 19.3 Å². The number of amides is 2. The first kappa shape index (κ1) is 14.2. The summed E-state index contributed by atoms with van der Waals surface area (Å²) in [7, 11) is 1.53. The average molecular weight is 300 g/mol. The van der Waals surface area contributed by atoms with Gasteiger partial charge < -0.3 is 15.4 Å². The van der Waals surface area contributed by atoms with Crippen LogP contribution in [0.3, 0.4) is 0 Å². The summed E-state index contributed by atoms with van der Waals surface area (Å²) in [6, 6.07) is 4.66. The standard InChI is InChI=1S/C15H16N4O3/c1-22-13-6-5-9-14(19-13)10(7-8-16-9)18-15(21)11-3-2-4-12(20)17-11/h5-8,11H,2-4H2,1H3,(H,17,20)(H,16,18,21). The van der Waals surface area contributed by atoms with Crippen molar-refractivity contribution in [2.45, 2.75) is 25.3 Å². The Bertz CT molecular complexity index is 732. The van der Waals surface area contributed by atoms with Crippen LogP contribution < -0.4 is 15.4 Å². The Morgan fingerprint density at radius 2 is 2.27 bits per heavy atom. The van der Waals surface area contributed by atoms with Crippen molar-refractivity contribution in [2.24, 2.45) is 0 Å². The van der Waals surface area contributed by atoms with Gasteiger partial charge in [0.25, 0.3) is 0 Å². The van der Waals surface area contributed by atoms with E-state index in [-0.39, 0.29) is 11.8 Å². The number of pyridine rings is 2. The molecule has 0 bridgehead atoms. The summed E-state index contributed by atoms with van der Waals surface area (Å²) < 4.78 is 5.10. The molecule has 1 atom stereocenters. The second-order valence-electron chi connectivity index (χ2n) is 5.08. The van der Waals surface area contributed by atoms with Crippen LogP contribution in [0.15, 0.2) is 24.4 Å². The van der Waals surface area contributed by atoms with E-state index in [4.69, 9.17) is 4.74 Å².